The van der Waals surface area contributed by atoms with E-state index in [4.69, 9.17) is 4.74 Å². The molecule has 18 heavy (non-hydrogen) atoms. The molecule has 100 valence electrons. The van der Waals surface area contributed by atoms with Crippen molar-refractivity contribution in [1.29, 1.82) is 0 Å². The molecule has 5 nitrogen and oxygen atoms in total. The monoisotopic (exact) mass is 269 g/mol. The van der Waals surface area contributed by atoms with Crippen molar-refractivity contribution in [2.24, 2.45) is 5.92 Å². The number of hydrogen-bond acceptors (Lipinski definition) is 5. The highest BCUT2D eigenvalue weighted by molar-refractivity contribution is 7.07. The van der Waals surface area contributed by atoms with Gasteiger partial charge in [0.25, 0.3) is 5.91 Å². The molecule has 1 amide bonds. The summed E-state index contributed by atoms with van der Waals surface area (Å²) in [4.78, 5) is 20.3. The minimum absolute atomic E-state index is 0.0190. The molecule has 0 N–H and O–H groups in total. The Morgan fingerprint density at radius 2 is 2.50 bits per heavy atom. The molecule has 0 bridgehead atoms. The molecule has 0 aliphatic carbocycles. The van der Waals surface area contributed by atoms with Crippen LogP contribution in [0.25, 0.3) is 0 Å². The molecule has 0 radical (unpaired) electrons. The van der Waals surface area contributed by atoms with Crippen LogP contribution in [0.2, 0.25) is 0 Å². The van der Waals surface area contributed by atoms with Crippen LogP contribution in [0.4, 0.5) is 0 Å². The zero-order valence-corrected chi connectivity index (χ0v) is 11.7. The summed E-state index contributed by atoms with van der Waals surface area (Å²) in [6, 6.07) is 0. The minimum atomic E-state index is 0.0190. The number of ether oxygens (including phenoxy) is 1. The maximum absolute atomic E-state index is 12.2. The minimum Gasteiger partial charge on any atom is -0.379 e. The van der Waals surface area contributed by atoms with Crippen molar-refractivity contribution in [3.63, 3.8) is 0 Å². The first-order valence-corrected chi connectivity index (χ1v) is 7.01. The second-order valence-electron chi connectivity index (χ2n) is 4.83. The van der Waals surface area contributed by atoms with Crippen LogP contribution in [-0.4, -0.2) is 67.6 Å². The van der Waals surface area contributed by atoms with Crippen molar-refractivity contribution in [2.75, 3.05) is 46.9 Å². The Bertz CT molecular complexity index is 381. The first-order chi connectivity index (χ1) is 8.66. The molecule has 1 aliphatic heterocycles. The number of carbonyl (C=O) groups excluding carboxylic acids is 1. The molecular weight excluding hydrogens is 250 g/mol. The third-order valence-corrected chi connectivity index (χ3v) is 3.49. The van der Waals surface area contributed by atoms with Crippen molar-refractivity contribution in [3.05, 3.63) is 16.6 Å². The third-order valence-electron chi connectivity index (χ3n) is 2.90. The van der Waals surface area contributed by atoms with Crippen LogP contribution in [0.15, 0.2) is 10.9 Å². The SMILES string of the molecule is CN(C)C[C@@H]1COCCN(C(=O)c2cscn2)C1. The second-order valence-corrected chi connectivity index (χ2v) is 5.55. The van der Waals surface area contributed by atoms with E-state index in [-0.39, 0.29) is 5.91 Å². The van der Waals surface area contributed by atoms with Crippen molar-refractivity contribution < 1.29 is 9.53 Å². The first-order valence-electron chi connectivity index (χ1n) is 6.06. The summed E-state index contributed by atoms with van der Waals surface area (Å²) in [7, 11) is 4.08. The smallest absolute Gasteiger partial charge is 0.273 e. The van der Waals surface area contributed by atoms with E-state index in [0.717, 1.165) is 19.7 Å². The van der Waals surface area contributed by atoms with Crippen LogP contribution in [0.1, 0.15) is 10.5 Å². The van der Waals surface area contributed by atoms with Gasteiger partial charge in [-0.2, -0.15) is 0 Å². The summed E-state index contributed by atoms with van der Waals surface area (Å²) in [5, 5.41) is 1.80. The van der Waals surface area contributed by atoms with Gasteiger partial charge in [0.2, 0.25) is 0 Å². The predicted molar refractivity (Wildman–Crippen MR) is 70.9 cm³/mol. The molecule has 1 fully saturated rings. The highest BCUT2D eigenvalue weighted by Gasteiger charge is 2.24. The first kappa shape index (κ1) is 13.5. The van der Waals surface area contributed by atoms with E-state index < -0.39 is 0 Å². The van der Waals surface area contributed by atoms with Crippen LogP contribution < -0.4 is 0 Å². The van der Waals surface area contributed by atoms with E-state index in [2.05, 4.69) is 9.88 Å². The summed E-state index contributed by atoms with van der Waals surface area (Å²) in [6.07, 6.45) is 0. The van der Waals surface area contributed by atoms with Gasteiger partial charge in [-0.05, 0) is 14.1 Å². The molecule has 1 saturated heterocycles. The lowest BCUT2D eigenvalue weighted by Gasteiger charge is -2.24. The summed E-state index contributed by atoms with van der Waals surface area (Å²) >= 11 is 1.45. The van der Waals surface area contributed by atoms with Gasteiger partial charge in [-0.15, -0.1) is 11.3 Å². The average molecular weight is 269 g/mol. The summed E-state index contributed by atoms with van der Waals surface area (Å²) < 4.78 is 5.57. The molecule has 1 aliphatic rings. The van der Waals surface area contributed by atoms with E-state index in [1.54, 1.807) is 10.9 Å². The fourth-order valence-electron chi connectivity index (χ4n) is 2.17. The summed E-state index contributed by atoms with van der Waals surface area (Å²) in [6.45, 7) is 3.66. The zero-order valence-electron chi connectivity index (χ0n) is 10.8. The summed E-state index contributed by atoms with van der Waals surface area (Å²) in [5.74, 6) is 0.385. The van der Waals surface area contributed by atoms with Gasteiger partial charge >= 0.3 is 0 Å². The number of aromatic nitrogens is 1. The van der Waals surface area contributed by atoms with Gasteiger partial charge in [0.1, 0.15) is 5.69 Å². The van der Waals surface area contributed by atoms with Crippen molar-refractivity contribution in [3.8, 4) is 0 Å². The van der Waals surface area contributed by atoms with Gasteiger partial charge in [0.05, 0.1) is 18.7 Å². The Morgan fingerprint density at radius 3 is 3.17 bits per heavy atom. The second kappa shape index (κ2) is 6.26. The molecule has 6 heteroatoms. The maximum Gasteiger partial charge on any atom is 0.273 e. The molecule has 0 spiro atoms. The predicted octanol–water partition coefficient (Wildman–Crippen LogP) is 0.793. The lowest BCUT2D eigenvalue weighted by Crippen LogP contribution is -2.38. The Labute approximate surface area is 111 Å². The molecular formula is C12H19N3O2S. The van der Waals surface area contributed by atoms with Gasteiger partial charge in [0, 0.05) is 30.9 Å². The van der Waals surface area contributed by atoms with E-state index in [9.17, 15) is 4.79 Å². The highest BCUT2D eigenvalue weighted by Crippen LogP contribution is 2.12. The Balaban J connectivity index is 2.00. The van der Waals surface area contributed by atoms with E-state index in [1.165, 1.54) is 11.3 Å². The molecule has 0 unspecified atom stereocenters. The Kier molecular flexibility index (Phi) is 4.68. The van der Waals surface area contributed by atoms with Crippen molar-refractivity contribution in [1.82, 2.24) is 14.8 Å². The quantitative estimate of drug-likeness (QED) is 0.814. The van der Waals surface area contributed by atoms with Crippen molar-refractivity contribution >= 4 is 17.2 Å². The van der Waals surface area contributed by atoms with Crippen molar-refractivity contribution in [2.45, 2.75) is 0 Å². The standard InChI is InChI=1S/C12H19N3O2S/c1-14(2)5-10-6-15(3-4-17-7-10)12(16)11-8-18-9-13-11/h8-10H,3-7H2,1-2H3/t10-/m0/s1. The van der Waals surface area contributed by atoms with Gasteiger partial charge < -0.3 is 14.5 Å². The zero-order chi connectivity index (χ0) is 13.0. The average Bonchev–Trinajstić information content (AvgIpc) is 2.75. The van der Waals surface area contributed by atoms with Gasteiger partial charge in [-0.1, -0.05) is 0 Å². The number of hydrogen-bond donors (Lipinski definition) is 0. The fraction of sp³-hybridized carbons (Fsp3) is 0.667. The molecule has 1 aromatic heterocycles. The molecule has 0 saturated carbocycles. The van der Waals surface area contributed by atoms with Crippen LogP contribution >= 0.6 is 11.3 Å². The number of amides is 1. The van der Waals surface area contributed by atoms with Crippen LogP contribution in [-0.2, 0) is 4.74 Å². The highest BCUT2D eigenvalue weighted by atomic mass is 32.1. The largest absolute Gasteiger partial charge is 0.379 e. The normalized spacial score (nSPS) is 21.1. The number of thiazole rings is 1. The van der Waals surface area contributed by atoms with Gasteiger partial charge in [0.15, 0.2) is 0 Å². The summed E-state index contributed by atoms with van der Waals surface area (Å²) in [5.41, 5.74) is 2.24. The van der Waals surface area contributed by atoms with E-state index >= 15 is 0 Å². The third kappa shape index (κ3) is 3.51. The number of carbonyl (C=O) groups is 1. The van der Waals surface area contributed by atoms with E-state index in [0.29, 0.717) is 24.8 Å². The lowest BCUT2D eigenvalue weighted by atomic mass is 10.1. The van der Waals surface area contributed by atoms with Gasteiger partial charge in [-0.3, -0.25) is 4.79 Å². The van der Waals surface area contributed by atoms with Crippen LogP contribution in [0, 0.1) is 5.92 Å². The molecule has 2 heterocycles. The fourth-order valence-corrected chi connectivity index (χ4v) is 2.70. The molecule has 2 rings (SSSR count). The van der Waals surface area contributed by atoms with Crippen LogP contribution in [0.3, 0.4) is 0 Å². The van der Waals surface area contributed by atoms with E-state index in [1.807, 2.05) is 19.0 Å². The van der Waals surface area contributed by atoms with Gasteiger partial charge in [-0.25, -0.2) is 4.98 Å². The number of nitrogens with zero attached hydrogens (tertiary/aromatic N) is 3. The molecule has 1 atom stereocenters. The Morgan fingerprint density at radius 1 is 1.67 bits per heavy atom. The number of rotatable bonds is 3. The van der Waals surface area contributed by atoms with Crippen LogP contribution in [0.5, 0.6) is 0 Å². The topological polar surface area (TPSA) is 45.7 Å². The maximum atomic E-state index is 12.2. The molecule has 1 aromatic rings. The molecule has 0 aromatic carbocycles. The lowest BCUT2D eigenvalue weighted by molar-refractivity contribution is 0.0730. The Hall–Kier alpha value is -0.980.